The first-order valence-electron chi connectivity index (χ1n) is 6.52. The zero-order valence-electron chi connectivity index (χ0n) is 11.4. The van der Waals surface area contributed by atoms with E-state index >= 15 is 0 Å². The molecule has 7 heteroatoms. The SMILES string of the molecule is CC(C)N1CCC(Nc2cc([N+](=O)[O-])c(F)cc2F)C1. The van der Waals surface area contributed by atoms with Crippen molar-refractivity contribution in [3.63, 3.8) is 0 Å². The van der Waals surface area contributed by atoms with Crippen LogP contribution in [0.15, 0.2) is 12.1 Å². The van der Waals surface area contributed by atoms with Crippen molar-refractivity contribution < 1.29 is 13.7 Å². The summed E-state index contributed by atoms with van der Waals surface area (Å²) in [6, 6.07) is 1.88. The van der Waals surface area contributed by atoms with Gasteiger partial charge in [0, 0.05) is 37.3 Å². The van der Waals surface area contributed by atoms with Crippen molar-refractivity contribution in [2.45, 2.75) is 32.4 Å². The van der Waals surface area contributed by atoms with E-state index in [0.29, 0.717) is 12.1 Å². The van der Waals surface area contributed by atoms with E-state index in [2.05, 4.69) is 24.1 Å². The maximum Gasteiger partial charge on any atom is 0.307 e. The van der Waals surface area contributed by atoms with Crippen LogP contribution in [0.1, 0.15) is 20.3 Å². The van der Waals surface area contributed by atoms with Gasteiger partial charge in [0.25, 0.3) is 0 Å². The van der Waals surface area contributed by atoms with Gasteiger partial charge in [-0.3, -0.25) is 15.0 Å². The van der Waals surface area contributed by atoms with E-state index in [1.54, 1.807) is 0 Å². The summed E-state index contributed by atoms with van der Waals surface area (Å²) in [6.07, 6.45) is 0.822. The number of hydrogen-bond acceptors (Lipinski definition) is 4. The monoisotopic (exact) mass is 285 g/mol. The lowest BCUT2D eigenvalue weighted by atomic mass is 10.2. The minimum Gasteiger partial charge on any atom is -0.378 e. The van der Waals surface area contributed by atoms with Gasteiger partial charge in [0.15, 0.2) is 0 Å². The number of hydrogen-bond donors (Lipinski definition) is 1. The molecule has 1 atom stereocenters. The summed E-state index contributed by atoms with van der Waals surface area (Å²) in [5.41, 5.74) is -0.735. The van der Waals surface area contributed by atoms with Gasteiger partial charge >= 0.3 is 5.69 Å². The van der Waals surface area contributed by atoms with E-state index in [9.17, 15) is 18.9 Å². The molecule has 110 valence electrons. The van der Waals surface area contributed by atoms with Crippen molar-refractivity contribution >= 4 is 11.4 Å². The highest BCUT2D eigenvalue weighted by atomic mass is 19.1. The number of nitrogens with zero attached hydrogens (tertiary/aromatic N) is 2. The van der Waals surface area contributed by atoms with E-state index in [0.717, 1.165) is 25.6 Å². The number of rotatable bonds is 4. The average Bonchev–Trinajstić information content (AvgIpc) is 2.80. The minimum absolute atomic E-state index is 0.0111. The fourth-order valence-corrected chi connectivity index (χ4v) is 2.38. The molecule has 1 heterocycles. The minimum atomic E-state index is -1.16. The molecule has 1 unspecified atom stereocenters. The predicted molar refractivity (Wildman–Crippen MR) is 71.7 cm³/mol. The average molecular weight is 285 g/mol. The molecule has 0 amide bonds. The molecule has 0 spiro atoms. The maximum absolute atomic E-state index is 13.7. The molecule has 0 aliphatic carbocycles. The lowest BCUT2D eigenvalue weighted by Gasteiger charge is -2.21. The Labute approximate surface area is 115 Å². The van der Waals surface area contributed by atoms with Crippen molar-refractivity contribution in [3.8, 4) is 0 Å². The normalized spacial score (nSPS) is 19.6. The Balaban J connectivity index is 2.14. The number of nitrogens with one attached hydrogen (secondary N) is 1. The second-order valence-electron chi connectivity index (χ2n) is 5.26. The summed E-state index contributed by atoms with van der Waals surface area (Å²) >= 11 is 0. The second-order valence-corrected chi connectivity index (χ2v) is 5.26. The predicted octanol–water partition coefficient (Wildman–Crippen LogP) is 2.77. The van der Waals surface area contributed by atoms with Crippen LogP contribution in [0.2, 0.25) is 0 Å². The first-order chi connectivity index (χ1) is 9.38. The van der Waals surface area contributed by atoms with Crippen LogP contribution >= 0.6 is 0 Å². The Kier molecular flexibility index (Phi) is 4.17. The summed E-state index contributed by atoms with van der Waals surface area (Å²) in [4.78, 5) is 12.0. The van der Waals surface area contributed by atoms with Crippen LogP contribution in [-0.2, 0) is 0 Å². The molecule has 1 saturated heterocycles. The lowest BCUT2D eigenvalue weighted by molar-refractivity contribution is -0.387. The third-order valence-corrected chi connectivity index (χ3v) is 3.54. The van der Waals surface area contributed by atoms with Gasteiger partial charge in [-0.15, -0.1) is 0 Å². The van der Waals surface area contributed by atoms with Gasteiger partial charge in [0.1, 0.15) is 5.82 Å². The molecular formula is C13H17F2N3O2. The summed E-state index contributed by atoms with van der Waals surface area (Å²) in [7, 11) is 0. The summed E-state index contributed by atoms with van der Waals surface area (Å²) in [6.45, 7) is 5.78. The molecular weight excluding hydrogens is 268 g/mol. The molecule has 1 fully saturated rings. The van der Waals surface area contributed by atoms with Gasteiger partial charge in [-0.05, 0) is 20.3 Å². The zero-order chi connectivity index (χ0) is 14.9. The fraction of sp³-hybridized carbons (Fsp3) is 0.538. The van der Waals surface area contributed by atoms with Crippen LogP contribution in [0.4, 0.5) is 20.2 Å². The first-order valence-corrected chi connectivity index (χ1v) is 6.52. The van der Waals surface area contributed by atoms with E-state index in [1.165, 1.54) is 0 Å². The van der Waals surface area contributed by atoms with Crippen molar-refractivity contribution in [1.82, 2.24) is 4.90 Å². The van der Waals surface area contributed by atoms with Crippen molar-refractivity contribution in [2.24, 2.45) is 0 Å². The van der Waals surface area contributed by atoms with Crippen LogP contribution in [0.25, 0.3) is 0 Å². The van der Waals surface area contributed by atoms with Gasteiger partial charge in [-0.1, -0.05) is 0 Å². The van der Waals surface area contributed by atoms with Crippen molar-refractivity contribution in [1.29, 1.82) is 0 Å². The number of halogens is 2. The van der Waals surface area contributed by atoms with Crippen LogP contribution in [0, 0.1) is 21.7 Å². The molecule has 2 rings (SSSR count). The smallest absolute Gasteiger partial charge is 0.307 e. The largest absolute Gasteiger partial charge is 0.378 e. The zero-order valence-corrected chi connectivity index (χ0v) is 11.4. The third kappa shape index (κ3) is 3.04. The maximum atomic E-state index is 13.7. The summed E-state index contributed by atoms with van der Waals surface area (Å²) in [5, 5.41) is 13.6. The Morgan fingerprint density at radius 3 is 2.65 bits per heavy atom. The molecule has 0 radical (unpaired) electrons. The van der Waals surface area contributed by atoms with Gasteiger partial charge < -0.3 is 5.32 Å². The first kappa shape index (κ1) is 14.6. The van der Waals surface area contributed by atoms with Crippen LogP contribution in [0.5, 0.6) is 0 Å². The molecule has 0 saturated carbocycles. The standard InChI is InChI=1S/C13H17F2N3O2/c1-8(2)17-4-3-9(7-17)16-12-6-13(18(19)20)11(15)5-10(12)14/h5-6,8-9,16H,3-4,7H2,1-2H3. The van der Waals surface area contributed by atoms with Crippen molar-refractivity contribution in [2.75, 3.05) is 18.4 Å². The molecule has 1 aromatic carbocycles. The summed E-state index contributed by atoms with van der Waals surface area (Å²) in [5.74, 6) is -1.97. The molecule has 0 bridgehead atoms. The molecule has 0 aromatic heterocycles. The second kappa shape index (κ2) is 5.70. The van der Waals surface area contributed by atoms with E-state index < -0.39 is 22.2 Å². The Bertz CT molecular complexity index is 523. The van der Waals surface area contributed by atoms with Gasteiger partial charge in [0.05, 0.1) is 10.6 Å². The Hall–Kier alpha value is -1.76. The van der Waals surface area contributed by atoms with Crippen LogP contribution in [0.3, 0.4) is 0 Å². The Morgan fingerprint density at radius 2 is 2.10 bits per heavy atom. The van der Waals surface area contributed by atoms with Crippen LogP contribution < -0.4 is 5.32 Å². The van der Waals surface area contributed by atoms with E-state index in [1.807, 2.05) is 0 Å². The Morgan fingerprint density at radius 1 is 1.40 bits per heavy atom. The topological polar surface area (TPSA) is 58.4 Å². The third-order valence-electron chi connectivity index (χ3n) is 3.54. The highest BCUT2D eigenvalue weighted by Crippen LogP contribution is 2.27. The van der Waals surface area contributed by atoms with E-state index in [4.69, 9.17) is 0 Å². The van der Waals surface area contributed by atoms with E-state index in [-0.39, 0.29) is 11.7 Å². The fourth-order valence-electron chi connectivity index (χ4n) is 2.38. The number of likely N-dealkylation sites (tertiary alicyclic amines) is 1. The number of nitro benzene ring substituents is 1. The van der Waals surface area contributed by atoms with Gasteiger partial charge in [0.2, 0.25) is 5.82 Å². The number of anilines is 1. The number of benzene rings is 1. The molecule has 1 aliphatic heterocycles. The molecule has 1 N–H and O–H groups in total. The van der Waals surface area contributed by atoms with Crippen molar-refractivity contribution in [3.05, 3.63) is 33.9 Å². The highest BCUT2D eigenvalue weighted by Gasteiger charge is 2.26. The lowest BCUT2D eigenvalue weighted by Crippen LogP contribution is -2.31. The molecule has 5 nitrogen and oxygen atoms in total. The summed E-state index contributed by atoms with van der Waals surface area (Å²) < 4.78 is 26.9. The molecule has 20 heavy (non-hydrogen) atoms. The van der Waals surface area contributed by atoms with Crippen LogP contribution in [-0.4, -0.2) is 35.0 Å². The quantitative estimate of drug-likeness (QED) is 0.682. The molecule has 1 aromatic rings. The van der Waals surface area contributed by atoms with Gasteiger partial charge in [-0.2, -0.15) is 4.39 Å². The molecule has 1 aliphatic rings. The van der Waals surface area contributed by atoms with Gasteiger partial charge in [-0.25, -0.2) is 4.39 Å². The number of nitro groups is 1. The highest BCUT2D eigenvalue weighted by molar-refractivity contribution is 5.53.